The van der Waals surface area contributed by atoms with E-state index >= 15 is 0 Å². The van der Waals surface area contributed by atoms with E-state index < -0.39 is 0 Å². The van der Waals surface area contributed by atoms with Crippen LogP contribution in [0.2, 0.25) is 0 Å². The Morgan fingerprint density at radius 1 is 1.12 bits per heavy atom. The summed E-state index contributed by atoms with van der Waals surface area (Å²) in [5.74, 6) is 3.61. The maximum Gasteiger partial charge on any atom is 0.159 e. The van der Waals surface area contributed by atoms with E-state index in [0.717, 1.165) is 17.9 Å². The zero-order chi connectivity index (χ0) is 18.7. The van der Waals surface area contributed by atoms with Crippen LogP contribution in [-0.4, -0.2) is 11.6 Å². The molecule has 0 bridgehead atoms. The summed E-state index contributed by atoms with van der Waals surface area (Å²) in [6, 6.07) is 0. The standard InChI is InChI=1S/C24H34O2/c1-5-6-15(2)18-7-8-19-17-14-22(26)21-13-16(25)9-11-24(21,4)20(17)10-12-23(18,19)3/h5-6,13,15,17-20H,7-12,14H2,1-4H3/t15-,17?,18+,19?,20?,23+,24+/m0/s1. The second-order valence-corrected chi connectivity index (χ2v) is 10.1. The van der Waals surface area contributed by atoms with E-state index in [1.807, 2.05) is 0 Å². The molecular formula is C24H34O2. The summed E-state index contributed by atoms with van der Waals surface area (Å²) in [7, 11) is 0. The molecule has 0 aromatic carbocycles. The first-order valence-corrected chi connectivity index (χ1v) is 10.7. The quantitative estimate of drug-likeness (QED) is 0.611. The zero-order valence-electron chi connectivity index (χ0n) is 16.9. The Hall–Kier alpha value is -1.18. The van der Waals surface area contributed by atoms with Gasteiger partial charge in [-0.15, -0.1) is 0 Å². The third-order valence-electron chi connectivity index (χ3n) is 8.99. The predicted octanol–water partition coefficient (Wildman–Crippen LogP) is 5.53. The number of allylic oxidation sites excluding steroid dienone is 3. The summed E-state index contributed by atoms with van der Waals surface area (Å²) in [5.41, 5.74) is 1.19. The van der Waals surface area contributed by atoms with Crippen molar-refractivity contribution in [2.75, 3.05) is 0 Å². The number of carbonyl (C=O) groups excluding carboxylic acids is 2. The third-order valence-corrected chi connectivity index (χ3v) is 8.99. The normalized spacial score (nSPS) is 46.5. The summed E-state index contributed by atoms with van der Waals surface area (Å²) in [4.78, 5) is 25.0. The molecule has 0 radical (unpaired) electrons. The fourth-order valence-electron chi connectivity index (χ4n) is 7.73. The summed E-state index contributed by atoms with van der Waals surface area (Å²) in [6.07, 6.45) is 13.6. The van der Waals surface area contributed by atoms with Gasteiger partial charge in [0.15, 0.2) is 11.6 Å². The van der Waals surface area contributed by atoms with E-state index in [1.54, 1.807) is 6.08 Å². The van der Waals surface area contributed by atoms with Crippen molar-refractivity contribution in [1.29, 1.82) is 0 Å². The zero-order valence-corrected chi connectivity index (χ0v) is 16.9. The molecule has 4 rings (SSSR count). The number of carbonyl (C=O) groups is 2. The third kappa shape index (κ3) is 2.43. The van der Waals surface area contributed by atoms with Gasteiger partial charge in [-0.1, -0.05) is 32.9 Å². The van der Waals surface area contributed by atoms with Crippen molar-refractivity contribution in [3.8, 4) is 0 Å². The SMILES string of the molecule is CC=C[C@H](C)[C@H]1CCC2C3CC(=O)C4=CC(=O)CC[C@]4(C)C3CC[C@@]21C. The molecule has 0 spiro atoms. The van der Waals surface area contributed by atoms with Gasteiger partial charge in [0.05, 0.1) is 0 Å². The van der Waals surface area contributed by atoms with Crippen LogP contribution in [0.1, 0.15) is 72.6 Å². The average Bonchev–Trinajstić information content (AvgIpc) is 2.94. The maximum atomic E-state index is 13.0. The van der Waals surface area contributed by atoms with Crippen LogP contribution in [0.15, 0.2) is 23.8 Å². The van der Waals surface area contributed by atoms with Crippen molar-refractivity contribution >= 4 is 11.6 Å². The van der Waals surface area contributed by atoms with E-state index in [-0.39, 0.29) is 17.0 Å². The smallest absolute Gasteiger partial charge is 0.159 e. The van der Waals surface area contributed by atoms with Crippen LogP contribution >= 0.6 is 0 Å². The van der Waals surface area contributed by atoms with Gasteiger partial charge in [-0.2, -0.15) is 0 Å². The Balaban J connectivity index is 1.67. The molecule has 0 aliphatic heterocycles. The molecule has 4 aliphatic carbocycles. The molecule has 0 aromatic heterocycles. The lowest BCUT2D eigenvalue weighted by Crippen LogP contribution is -2.53. The summed E-state index contributed by atoms with van der Waals surface area (Å²) in [5, 5.41) is 0. The van der Waals surface area contributed by atoms with Gasteiger partial charge in [0.1, 0.15) is 0 Å². The van der Waals surface area contributed by atoms with Gasteiger partial charge in [-0.3, -0.25) is 9.59 Å². The Kier molecular flexibility index (Phi) is 4.32. The number of ketones is 2. The largest absolute Gasteiger partial charge is 0.295 e. The van der Waals surface area contributed by atoms with Crippen LogP contribution in [-0.2, 0) is 9.59 Å². The average molecular weight is 355 g/mol. The predicted molar refractivity (Wildman–Crippen MR) is 105 cm³/mol. The molecule has 0 heterocycles. The monoisotopic (exact) mass is 354 g/mol. The highest BCUT2D eigenvalue weighted by Crippen LogP contribution is 2.67. The number of Topliss-reactive ketones (excluding diaryl/α,β-unsaturated/α-hetero) is 1. The van der Waals surface area contributed by atoms with Crippen molar-refractivity contribution in [1.82, 2.24) is 0 Å². The molecule has 2 nitrogen and oxygen atoms in total. The summed E-state index contributed by atoms with van der Waals surface area (Å²) in [6.45, 7) is 9.32. The Morgan fingerprint density at radius 3 is 2.62 bits per heavy atom. The van der Waals surface area contributed by atoms with Gasteiger partial charge in [0.2, 0.25) is 0 Å². The lowest BCUT2D eigenvalue weighted by atomic mass is 9.46. The number of rotatable bonds is 2. The van der Waals surface area contributed by atoms with E-state index in [1.165, 1.54) is 25.7 Å². The molecule has 142 valence electrons. The van der Waals surface area contributed by atoms with E-state index in [9.17, 15) is 9.59 Å². The highest BCUT2D eigenvalue weighted by molar-refractivity contribution is 6.05. The molecule has 2 heteroatoms. The minimum atomic E-state index is -0.0533. The molecule has 4 aliphatic rings. The van der Waals surface area contributed by atoms with Crippen molar-refractivity contribution in [3.05, 3.63) is 23.8 Å². The van der Waals surface area contributed by atoms with Crippen LogP contribution < -0.4 is 0 Å². The number of hydrogen-bond donors (Lipinski definition) is 0. The lowest BCUT2D eigenvalue weighted by Gasteiger charge is -2.57. The number of hydrogen-bond acceptors (Lipinski definition) is 2. The Morgan fingerprint density at radius 2 is 1.88 bits per heavy atom. The second kappa shape index (κ2) is 6.17. The van der Waals surface area contributed by atoms with Crippen molar-refractivity contribution in [2.24, 2.45) is 40.4 Å². The molecule has 3 unspecified atom stereocenters. The highest BCUT2D eigenvalue weighted by atomic mass is 16.1. The summed E-state index contributed by atoms with van der Waals surface area (Å²) < 4.78 is 0. The van der Waals surface area contributed by atoms with E-state index in [2.05, 4.69) is 39.8 Å². The molecule has 7 atom stereocenters. The number of fused-ring (bicyclic) bond motifs is 5. The highest BCUT2D eigenvalue weighted by Gasteiger charge is 2.60. The van der Waals surface area contributed by atoms with Crippen LogP contribution in [0.4, 0.5) is 0 Å². The van der Waals surface area contributed by atoms with Crippen LogP contribution in [0, 0.1) is 40.4 Å². The van der Waals surface area contributed by atoms with Crippen LogP contribution in [0.25, 0.3) is 0 Å². The van der Waals surface area contributed by atoms with Gasteiger partial charge >= 0.3 is 0 Å². The van der Waals surface area contributed by atoms with Gasteiger partial charge < -0.3 is 0 Å². The van der Waals surface area contributed by atoms with Crippen molar-refractivity contribution < 1.29 is 9.59 Å². The minimum Gasteiger partial charge on any atom is -0.295 e. The lowest BCUT2D eigenvalue weighted by molar-refractivity contribution is -0.131. The summed E-state index contributed by atoms with van der Waals surface area (Å²) >= 11 is 0. The molecule has 3 saturated carbocycles. The first-order chi connectivity index (χ1) is 12.3. The molecule has 0 aromatic rings. The van der Waals surface area contributed by atoms with Crippen LogP contribution in [0.3, 0.4) is 0 Å². The first-order valence-electron chi connectivity index (χ1n) is 10.7. The van der Waals surface area contributed by atoms with E-state index in [4.69, 9.17) is 0 Å². The minimum absolute atomic E-state index is 0.0533. The van der Waals surface area contributed by atoms with Gasteiger partial charge in [0, 0.05) is 18.4 Å². The fourth-order valence-corrected chi connectivity index (χ4v) is 7.73. The van der Waals surface area contributed by atoms with Gasteiger partial charge in [0.25, 0.3) is 0 Å². The van der Waals surface area contributed by atoms with Gasteiger partial charge in [-0.05, 0) is 85.5 Å². The molecule has 0 saturated heterocycles. The molecule has 0 amide bonds. The molecule has 3 fully saturated rings. The van der Waals surface area contributed by atoms with Crippen molar-refractivity contribution in [3.63, 3.8) is 0 Å². The topological polar surface area (TPSA) is 34.1 Å². The fraction of sp³-hybridized carbons (Fsp3) is 0.750. The van der Waals surface area contributed by atoms with E-state index in [0.29, 0.717) is 41.9 Å². The van der Waals surface area contributed by atoms with Crippen LogP contribution in [0.5, 0.6) is 0 Å². The first kappa shape index (κ1) is 18.2. The Labute approximate surface area is 158 Å². The Bertz CT molecular complexity index is 686. The van der Waals surface area contributed by atoms with Gasteiger partial charge in [-0.25, -0.2) is 0 Å². The molecular weight excluding hydrogens is 320 g/mol. The van der Waals surface area contributed by atoms with Crippen molar-refractivity contribution in [2.45, 2.75) is 72.6 Å². The molecule has 26 heavy (non-hydrogen) atoms. The maximum absolute atomic E-state index is 13.0. The molecule has 0 N–H and O–H groups in total. The second-order valence-electron chi connectivity index (χ2n) is 10.1.